The lowest BCUT2D eigenvalue weighted by molar-refractivity contribution is -0.138. The Balaban J connectivity index is 3.49. The largest absolute Gasteiger partial charge is 0.389 e. The van der Waals surface area contributed by atoms with Crippen molar-refractivity contribution in [1.82, 2.24) is 5.32 Å². The molecule has 0 amide bonds. The summed E-state index contributed by atoms with van der Waals surface area (Å²) in [6.07, 6.45) is -2.73. The van der Waals surface area contributed by atoms with Crippen LogP contribution in [0.1, 0.15) is 46.5 Å². The van der Waals surface area contributed by atoms with E-state index < -0.39 is 12.6 Å². The standard InChI is InChI=1S/C12H24F3NO/c1-4-11(5-2)16-9-10(3)17-8-6-7-12(13,14)15/h10-11,16H,4-9H2,1-3H3. The summed E-state index contributed by atoms with van der Waals surface area (Å²) < 4.78 is 40.9. The number of ether oxygens (including phenoxy) is 1. The molecule has 0 aromatic heterocycles. The molecular formula is C12H24F3NO. The van der Waals surface area contributed by atoms with Gasteiger partial charge in [-0.1, -0.05) is 13.8 Å². The average Bonchev–Trinajstić information content (AvgIpc) is 2.24. The predicted octanol–water partition coefficient (Wildman–Crippen LogP) is 3.51. The van der Waals surface area contributed by atoms with Crippen molar-refractivity contribution in [1.29, 1.82) is 0 Å². The van der Waals surface area contributed by atoms with Crippen molar-refractivity contribution in [2.24, 2.45) is 0 Å². The summed E-state index contributed by atoms with van der Waals surface area (Å²) in [6.45, 7) is 6.96. The molecule has 0 aliphatic rings. The molecule has 0 fully saturated rings. The lowest BCUT2D eigenvalue weighted by atomic mass is 10.1. The van der Waals surface area contributed by atoms with Gasteiger partial charge in [0.2, 0.25) is 0 Å². The molecule has 17 heavy (non-hydrogen) atoms. The molecule has 1 unspecified atom stereocenters. The molecule has 0 bridgehead atoms. The third-order valence-corrected chi connectivity index (χ3v) is 2.69. The van der Waals surface area contributed by atoms with Crippen molar-refractivity contribution in [3.8, 4) is 0 Å². The number of nitrogens with one attached hydrogen (secondary N) is 1. The topological polar surface area (TPSA) is 21.3 Å². The monoisotopic (exact) mass is 255 g/mol. The fourth-order valence-corrected chi connectivity index (χ4v) is 1.53. The van der Waals surface area contributed by atoms with Crippen LogP contribution in [0, 0.1) is 0 Å². The molecule has 104 valence electrons. The van der Waals surface area contributed by atoms with E-state index in [0.29, 0.717) is 12.6 Å². The summed E-state index contributed by atoms with van der Waals surface area (Å²) in [4.78, 5) is 0. The number of hydrogen-bond acceptors (Lipinski definition) is 2. The molecule has 0 rings (SSSR count). The number of rotatable bonds is 9. The zero-order chi connectivity index (χ0) is 13.3. The second-order valence-corrected chi connectivity index (χ2v) is 4.32. The second-order valence-electron chi connectivity index (χ2n) is 4.32. The Hall–Kier alpha value is -0.290. The first-order valence-corrected chi connectivity index (χ1v) is 6.30. The summed E-state index contributed by atoms with van der Waals surface area (Å²) >= 11 is 0. The maximum absolute atomic E-state index is 11.9. The van der Waals surface area contributed by atoms with Gasteiger partial charge in [0, 0.05) is 25.6 Å². The minimum Gasteiger partial charge on any atom is -0.377 e. The SMILES string of the molecule is CCC(CC)NCC(C)OCCCC(F)(F)F. The maximum Gasteiger partial charge on any atom is 0.389 e. The van der Waals surface area contributed by atoms with Crippen molar-refractivity contribution in [3.05, 3.63) is 0 Å². The van der Waals surface area contributed by atoms with Crippen LogP contribution in [-0.2, 0) is 4.74 Å². The highest BCUT2D eigenvalue weighted by Gasteiger charge is 2.26. The Morgan fingerprint density at radius 2 is 1.76 bits per heavy atom. The van der Waals surface area contributed by atoms with E-state index >= 15 is 0 Å². The van der Waals surface area contributed by atoms with Gasteiger partial charge in [-0.05, 0) is 26.2 Å². The fraction of sp³-hybridized carbons (Fsp3) is 1.00. The van der Waals surface area contributed by atoms with Crippen molar-refractivity contribution >= 4 is 0 Å². The van der Waals surface area contributed by atoms with Crippen LogP contribution >= 0.6 is 0 Å². The van der Waals surface area contributed by atoms with Gasteiger partial charge in [-0.15, -0.1) is 0 Å². The van der Waals surface area contributed by atoms with Crippen molar-refractivity contribution in [3.63, 3.8) is 0 Å². The van der Waals surface area contributed by atoms with Crippen LogP contribution < -0.4 is 5.32 Å². The van der Waals surface area contributed by atoms with Crippen LogP contribution in [0.25, 0.3) is 0 Å². The van der Waals surface area contributed by atoms with E-state index in [-0.39, 0.29) is 19.1 Å². The molecular weight excluding hydrogens is 231 g/mol. The first kappa shape index (κ1) is 16.7. The van der Waals surface area contributed by atoms with Crippen LogP contribution in [0.15, 0.2) is 0 Å². The molecule has 0 aliphatic carbocycles. The summed E-state index contributed by atoms with van der Waals surface area (Å²) in [5.41, 5.74) is 0. The van der Waals surface area contributed by atoms with Gasteiger partial charge in [-0.25, -0.2) is 0 Å². The van der Waals surface area contributed by atoms with Crippen LogP contribution in [0.2, 0.25) is 0 Å². The normalized spacial score (nSPS) is 14.3. The highest BCUT2D eigenvalue weighted by Crippen LogP contribution is 2.21. The van der Waals surface area contributed by atoms with Crippen molar-refractivity contribution in [2.75, 3.05) is 13.2 Å². The van der Waals surface area contributed by atoms with Gasteiger partial charge >= 0.3 is 6.18 Å². The third kappa shape index (κ3) is 10.6. The summed E-state index contributed by atoms with van der Waals surface area (Å²) in [5.74, 6) is 0. The Bertz CT molecular complexity index is 181. The van der Waals surface area contributed by atoms with Crippen LogP contribution in [0.3, 0.4) is 0 Å². The molecule has 0 heterocycles. The van der Waals surface area contributed by atoms with E-state index in [1.807, 2.05) is 6.92 Å². The molecule has 0 aromatic rings. The van der Waals surface area contributed by atoms with Gasteiger partial charge in [0.25, 0.3) is 0 Å². The van der Waals surface area contributed by atoms with E-state index in [1.54, 1.807) is 0 Å². The van der Waals surface area contributed by atoms with Crippen molar-refractivity contribution < 1.29 is 17.9 Å². The minimum atomic E-state index is -4.07. The van der Waals surface area contributed by atoms with Crippen LogP contribution in [0.4, 0.5) is 13.2 Å². The Morgan fingerprint density at radius 3 is 2.24 bits per heavy atom. The summed E-state index contributed by atoms with van der Waals surface area (Å²) in [6, 6.07) is 0.469. The lowest BCUT2D eigenvalue weighted by Crippen LogP contribution is -2.35. The van der Waals surface area contributed by atoms with Gasteiger partial charge in [-0.2, -0.15) is 13.2 Å². The van der Waals surface area contributed by atoms with E-state index in [2.05, 4.69) is 19.2 Å². The first-order valence-electron chi connectivity index (χ1n) is 6.30. The highest BCUT2D eigenvalue weighted by atomic mass is 19.4. The number of hydrogen-bond donors (Lipinski definition) is 1. The highest BCUT2D eigenvalue weighted by molar-refractivity contribution is 4.65. The molecule has 0 spiro atoms. The first-order chi connectivity index (χ1) is 7.89. The molecule has 0 aromatic carbocycles. The zero-order valence-electron chi connectivity index (χ0n) is 10.9. The predicted molar refractivity (Wildman–Crippen MR) is 63.1 cm³/mol. The summed E-state index contributed by atoms with van der Waals surface area (Å²) in [7, 11) is 0. The van der Waals surface area contributed by atoms with Gasteiger partial charge in [0.05, 0.1) is 6.10 Å². The zero-order valence-corrected chi connectivity index (χ0v) is 10.9. The Labute approximate surface area is 102 Å². The van der Waals surface area contributed by atoms with Gasteiger partial charge in [-0.3, -0.25) is 0 Å². The van der Waals surface area contributed by atoms with E-state index in [9.17, 15) is 13.2 Å². The lowest BCUT2D eigenvalue weighted by Gasteiger charge is -2.19. The fourth-order valence-electron chi connectivity index (χ4n) is 1.53. The molecule has 0 aliphatic heterocycles. The minimum absolute atomic E-state index is 0.0381. The third-order valence-electron chi connectivity index (χ3n) is 2.69. The van der Waals surface area contributed by atoms with Crippen molar-refractivity contribution in [2.45, 2.75) is 64.8 Å². The summed E-state index contributed by atoms with van der Waals surface area (Å²) in [5, 5.41) is 3.33. The quantitative estimate of drug-likeness (QED) is 0.637. The van der Waals surface area contributed by atoms with Gasteiger partial charge in [0.15, 0.2) is 0 Å². The van der Waals surface area contributed by atoms with E-state index in [1.165, 1.54) is 0 Å². The van der Waals surface area contributed by atoms with E-state index in [4.69, 9.17) is 4.74 Å². The Morgan fingerprint density at radius 1 is 1.18 bits per heavy atom. The molecule has 0 saturated heterocycles. The number of halogens is 3. The molecule has 0 radical (unpaired) electrons. The second kappa shape index (κ2) is 8.75. The van der Waals surface area contributed by atoms with Crippen LogP contribution in [-0.4, -0.2) is 31.5 Å². The smallest absolute Gasteiger partial charge is 0.377 e. The number of alkyl halides is 3. The Kier molecular flexibility index (Phi) is 8.60. The molecule has 0 saturated carbocycles. The van der Waals surface area contributed by atoms with Gasteiger partial charge < -0.3 is 10.1 Å². The van der Waals surface area contributed by atoms with Crippen LogP contribution in [0.5, 0.6) is 0 Å². The van der Waals surface area contributed by atoms with E-state index in [0.717, 1.165) is 12.8 Å². The molecule has 1 atom stereocenters. The molecule has 1 N–H and O–H groups in total. The molecule has 2 nitrogen and oxygen atoms in total. The average molecular weight is 255 g/mol. The maximum atomic E-state index is 11.9. The van der Waals surface area contributed by atoms with Gasteiger partial charge in [0.1, 0.15) is 0 Å². The molecule has 5 heteroatoms.